The van der Waals surface area contributed by atoms with Crippen molar-refractivity contribution in [3.63, 3.8) is 0 Å². The summed E-state index contributed by atoms with van der Waals surface area (Å²) < 4.78 is 12.2. The van der Waals surface area contributed by atoms with Gasteiger partial charge in [0, 0.05) is 17.1 Å². The standard InChI is InChI=1S/C17H19BrO2/c1-12-5-4-6-13(2)17(12)20-11-15-9-14(10-19-3)7-8-16(15)18/h4-9H,10-11H2,1-3H3. The summed E-state index contributed by atoms with van der Waals surface area (Å²) in [5, 5.41) is 0. The van der Waals surface area contributed by atoms with Crippen molar-refractivity contribution in [2.75, 3.05) is 7.11 Å². The molecule has 2 nitrogen and oxygen atoms in total. The molecule has 0 aliphatic rings. The Labute approximate surface area is 128 Å². The minimum absolute atomic E-state index is 0.545. The van der Waals surface area contributed by atoms with E-state index in [1.165, 1.54) is 0 Å². The molecule has 3 heteroatoms. The minimum atomic E-state index is 0.545. The van der Waals surface area contributed by atoms with Crippen LogP contribution in [0.5, 0.6) is 5.75 Å². The van der Waals surface area contributed by atoms with Gasteiger partial charge in [-0.25, -0.2) is 0 Å². The summed E-state index contributed by atoms with van der Waals surface area (Å²) in [4.78, 5) is 0. The van der Waals surface area contributed by atoms with Gasteiger partial charge < -0.3 is 9.47 Å². The Morgan fingerprint density at radius 2 is 1.70 bits per heavy atom. The lowest BCUT2D eigenvalue weighted by Gasteiger charge is -2.13. The predicted octanol–water partition coefficient (Wildman–Crippen LogP) is 4.79. The number of methoxy groups -OCH3 is 1. The first-order valence-electron chi connectivity index (χ1n) is 6.57. The predicted molar refractivity (Wildman–Crippen MR) is 85.1 cm³/mol. The molecule has 0 heterocycles. The van der Waals surface area contributed by atoms with Crippen LogP contribution < -0.4 is 4.74 Å². The molecule has 20 heavy (non-hydrogen) atoms. The fourth-order valence-electron chi connectivity index (χ4n) is 2.17. The number of aryl methyl sites for hydroxylation is 2. The van der Waals surface area contributed by atoms with Gasteiger partial charge in [-0.05, 0) is 42.7 Å². The van der Waals surface area contributed by atoms with Crippen molar-refractivity contribution in [2.24, 2.45) is 0 Å². The molecule has 0 saturated heterocycles. The largest absolute Gasteiger partial charge is 0.488 e. The SMILES string of the molecule is COCc1ccc(Br)c(COc2c(C)cccc2C)c1. The molecule has 106 valence electrons. The van der Waals surface area contributed by atoms with Gasteiger partial charge in [0.25, 0.3) is 0 Å². The summed E-state index contributed by atoms with van der Waals surface area (Å²) in [7, 11) is 1.70. The van der Waals surface area contributed by atoms with Gasteiger partial charge in [-0.2, -0.15) is 0 Å². The van der Waals surface area contributed by atoms with Gasteiger partial charge in [0.2, 0.25) is 0 Å². The third kappa shape index (κ3) is 3.62. The average Bonchev–Trinajstić information content (AvgIpc) is 2.42. The van der Waals surface area contributed by atoms with E-state index >= 15 is 0 Å². The summed E-state index contributed by atoms with van der Waals surface area (Å²) in [6.07, 6.45) is 0. The monoisotopic (exact) mass is 334 g/mol. The van der Waals surface area contributed by atoms with Gasteiger partial charge in [-0.3, -0.25) is 0 Å². The Kier molecular flexibility index (Phi) is 5.21. The Bertz CT molecular complexity index is 573. The van der Waals surface area contributed by atoms with Gasteiger partial charge in [0.1, 0.15) is 12.4 Å². The van der Waals surface area contributed by atoms with Crippen molar-refractivity contribution in [3.05, 3.63) is 63.1 Å². The molecule has 0 bridgehead atoms. The molecule has 2 aromatic rings. The van der Waals surface area contributed by atoms with Crippen molar-refractivity contribution in [3.8, 4) is 5.75 Å². The van der Waals surface area contributed by atoms with Crippen molar-refractivity contribution in [2.45, 2.75) is 27.1 Å². The van der Waals surface area contributed by atoms with Crippen molar-refractivity contribution < 1.29 is 9.47 Å². The average molecular weight is 335 g/mol. The molecule has 0 aliphatic carbocycles. The van der Waals surface area contributed by atoms with Crippen LogP contribution in [-0.4, -0.2) is 7.11 Å². The second-order valence-electron chi connectivity index (χ2n) is 4.87. The molecule has 0 fully saturated rings. The zero-order valence-electron chi connectivity index (χ0n) is 12.1. The quantitative estimate of drug-likeness (QED) is 0.782. The summed E-state index contributed by atoms with van der Waals surface area (Å²) in [6, 6.07) is 12.4. The van der Waals surface area contributed by atoms with Crippen molar-refractivity contribution >= 4 is 15.9 Å². The van der Waals surface area contributed by atoms with Gasteiger partial charge in [-0.15, -0.1) is 0 Å². The molecular formula is C17H19BrO2. The molecular weight excluding hydrogens is 316 g/mol. The van der Waals surface area contributed by atoms with E-state index in [9.17, 15) is 0 Å². The van der Waals surface area contributed by atoms with E-state index in [4.69, 9.17) is 9.47 Å². The fourth-order valence-corrected chi connectivity index (χ4v) is 2.53. The lowest BCUT2D eigenvalue weighted by Crippen LogP contribution is -2.01. The molecule has 0 radical (unpaired) electrons. The zero-order valence-corrected chi connectivity index (χ0v) is 13.7. The highest BCUT2D eigenvalue weighted by Gasteiger charge is 2.06. The zero-order chi connectivity index (χ0) is 14.5. The maximum atomic E-state index is 6.00. The molecule has 0 unspecified atom stereocenters. The van der Waals surface area contributed by atoms with Crippen LogP contribution in [-0.2, 0) is 18.0 Å². The summed E-state index contributed by atoms with van der Waals surface area (Å²) in [6.45, 7) is 5.30. The van der Waals surface area contributed by atoms with E-state index in [0.29, 0.717) is 13.2 Å². The van der Waals surface area contributed by atoms with E-state index < -0.39 is 0 Å². The second kappa shape index (κ2) is 6.91. The van der Waals surface area contributed by atoms with Crippen molar-refractivity contribution in [1.82, 2.24) is 0 Å². The minimum Gasteiger partial charge on any atom is -0.488 e. The number of ether oxygens (including phenoxy) is 2. The molecule has 0 saturated carbocycles. The third-order valence-corrected chi connectivity index (χ3v) is 3.98. The van der Waals surface area contributed by atoms with Gasteiger partial charge in [0.15, 0.2) is 0 Å². The van der Waals surface area contributed by atoms with E-state index in [2.05, 4.69) is 54.0 Å². The van der Waals surface area contributed by atoms with E-state index in [0.717, 1.165) is 32.5 Å². The van der Waals surface area contributed by atoms with Gasteiger partial charge >= 0.3 is 0 Å². The van der Waals surface area contributed by atoms with Crippen LogP contribution in [0.1, 0.15) is 22.3 Å². The third-order valence-electron chi connectivity index (χ3n) is 3.20. The van der Waals surface area contributed by atoms with E-state index in [1.54, 1.807) is 7.11 Å². The van der Waals surface area contributed by atoms with E-state index in [-0.39, 0.29) is 0 Å². The number of benzene rings is 2. The van der Waals surface area contributed by atoms with E-state index in [1.807, 2.05) is 12.1 Å². The van der Waals surface area contributed by atoms with Crippen LogP contribution in [0.15, 0.2) is 40.9 Å². The number of rotatable bonds is 5. The van der Waals surface area contributed by atoms with Crippen LogP contribution >= 0.6 is 15.9 Å². The van der Waals surface area contributed by atoms with Crippen LogP contribution in [0.2, 0.25) is 0 Å². The molecule has 2 rings (SSSR count). The Morgan fingerprint density at radius 1 is 1.00 bits per heavy atom. The number of para-hydroxylation sites is 1. The highest BCUT2D eigenvalue weighted by atomic mass is 79.9. The van der Waals surface area contributed by atoms with Crippen LogP contribution in [0, 0.1) is 13.8 Å². The van der Waals surface area contributed by atoms with Crippen LogP contribution in [0.4, 0.5) is 0 Å². The lowest BCUT2D eigenvalue weighted by molar-refractivity contribution is 0.184. The fraction of sp³-hybridized carbons (Fsp3) is 0.294. The van der Waals surface area contributed by atoms with Gasteiger partial charge in [0.05, 0.1) is 6.61 Å². The maximum Gasteiger partial charge on any atom is 0.125 e. The lowest BCUT2D eigenvalue weighted by atomic mass is 10.1. The highest BCUT2D eigenvalue weighted by Crippen LogP contribution is 2.25. The van der Waals surface area contributed by atoms with Crippen LogP contribution in [0.25, 0.3) is 0 Å². The summed E-state index contributed by atoms with van der Waals surface area (Å²) >= 11 is 3.57. The first kappa shape index (κ1) is 15.1. The summed E-state index contributed by atoms with van der Waals surface area (Å²) in [5.41, 5.74) is 4.60. The molecule has 0 aliphatic heterocycles. The number of halogens is 1. The first-order valence-corrected chi connectivity index (χ1v) is 7.36. The molecule has 0 amide bonds. The molecule has 0 atom stereocenters. The molecule has 0 N–H and O–H groups in total. The Hall–Kier alpha value is -1.32. The first-order chi connectivity index (χ1) is 9.61. The number of hydrogen-bond acceptors (Lipinski definition) is 2. The molecule has 0 aromatic heterocycles. The van der Waals surface area contributed by atoms with Crippen LogP contribution in [0.3, 0.4) is 0 Å². The summed E-state index contributed by atoms with van der Waals surface area (Å²) in [5.74, 6) is 0.969. The molecule has 0 spiro atoms. The normalized spacial score (nSPS) is 10.6. The highest BCUT2D eigenvalue weighted by molar-refractivity contribution is 9.10. The molecule has 2 aromatic carbocycles. The second-order valence-corrected chi connectivity index (χ2v) is 5.72. The van der Waals surface area contributed by atoms with Gasteiger partial charge in [-0.1, -0.05) is 40.2 Å². The Balaban J connectivity index is 2.16. The Morgan fingerprint density at radius 3 is 2.35 bits per heavy atom. The number of hydrogen-bond donors (Lipinski definition) is 0. The smallest absolute Gasteiger partial charge is 0.125 e. The topological polar surface area (TPSA) is 18.5 Å². The van der Waals surface area contributed by atoms with Crippen molar-refractivity contribution in [1.29, 1.82) is 0 Å². The maximum absolute atomic E-state index is 6.00.